The average Bonchev–Trinajstić information content (AvgIpc) is 2.72. The first-order chi connectivity index (χ1) is 8.22. The number of hydrogen-bond acceptors (Lipinski definition) is 2. The third-order valence-corrected chi connectivity index (χ3v) is 2.91. The van der Waals surface area contributed by atoms with E-state index in [9.17, 15) is 4.39 Å². The van der Waals surface area contributed by atoms with Crippen molar-refractivity contribution in [1.82, 2.24) is 4.98 Å². The van der Waals surface area contributed by atoms with Crippen LogP contribution in [-0.4, -0.2) is 4.98 Å². The Hall–Kier alpha value is -1.68. The molecule has 0 N–H and O–H groups in total. The molecule has 0 atom stereocenters. The molecule has 4 heteroatoms. The van der Waals surface area contributed by atoms with Crippen molar-refractivity contribution in [3.05, 3.63) is 52.8 Å². The van der Waals surface area contributed by atoms with Gasteiger partial charge in [-0.2, -0.15) is 0 Å². The van der Waals surface area contributed by atoms with E-state index in [2.05, 4.69) is 20.9 Å². The second-order valence-corrected chi connectivity index (χ2v) is 4.56. The maximum Gasteiger partial charge on any atom is 0.227 e. The molecule has 3 rings (SSSR count). The summed E-state index contributed by atoms with van der Waals surface area (Å²) in [5.74, 6) is 0.179. The molecule has 3 aromatic rings. The van der Waals surface area contributed by atoms with Gasteiger partial charge in [0, 0.05) is 16.1 Å². The SMILES string of the molecule is Fc1ccc2oc(-c3cccc(Br)c3)nc2c1. The van der Waals surface area contributed by atoms with Crippen molar-refractivity contribution in [2.75, 3.05) is 0 Å². The molecule has 84 valence electrons. The van der Waals surface area contributed by atoms with Gasteiger partial charge in [0.1, 0.15) is 11.3 Å². The molecule has 2 aromatic carbocycles. The van der Waals surface area contributed by atoms with Crippen LogP contribution in [0.3, 0.4) is 0 Å². The van der Waals surface area contributed by atoms with Crippen LogP contribution in [0.2, 0.25) is 0 Å². The Morgan fingerprint density at radius 1 is 1.12 bits per heavy atom. The highest BCUT2D eigenvalue weighted by molar-refractivity contribution is 9.10. The Labute approximate surface area is 105 Å². The molecule has 1 aromatic heterocycles. The number of oxazole rings is 1. The summed E-state index contributed by atoms with van der Waals surface area (Å²) in [5, 5.41) is 0. The second kappa shape index (κ2) is 3.96. The van der Waals surface area contributed by atoms with E-state index >= 15 is 0 Å². The van der Waals surface area contributed by atoms with E-state index in [1.54, 1.807) is 6.07 Å². The summed E-state index contributed by atoms with van der Waals surface area (Å²) < 4.78 is 19.5. The second-order valence-electron chi connectivity index (χ2n) is 3.64. The topological polar surface area (TPSA) is 26.0 Å². The van der Waals surface area contributed by atoms with Crippen molar-refractivity contribution in [3.63, 3.8) is 0 Å². The molecule has 0 spiro atoms. The molecule has 17 heavy (non-hydrogen) atoms. The molecule has 0 amide bonds. The number of halogens is 2. The van der Waals surface area contributed by atoms with Crippen LogP contribution in [0.15, 0.2) is 51.4 Å². The highest BCUT2D eigenvalue weighted by Gasteiger charge is 2.08. The van der Waals surface area contributed by atoms with Crippen molar-refractivity contribution in [2.45, 2.75) is 0 Å². The standard InChI is InChI=1S/C13H7BrFNO/c14-9-3-1-2-8(6-9)13-16-11-7-10(15)4-5-12(11)17-13/h1-7H. The van der Waals surface area contributed by atoms with Gasteiger partial charge in [-0.05, 0) is 30.3 Å². The van der Waals surface area contributed by atoms with E-state index in [0.717, 1.165) is 10.0 Å². The van der Waals surface area contributed by atoms with Gasteiger partial charge in [0.25, 0.3) is 0 Å². The van der Waals surface area contributed by atoms with Crippen molar-refractivity contribution < 1.29 is 8.81 Å². The number of aromatic nitrogens is 1. The molecule has 0 radical (unpaired) electrons. The molecule has 2 nitrogen and oxygen atoms in total. The third-order valence-electron chi connectivity index (χ3n) is 2.42. The van der Waals surface area contributed by atoms with Crippen LogP contribution in [0.4, 0.5) is 4.39 Å². The Morgan fingerprint density at radius 3 is 2.82 bits per heavy atom. The zero-order chi connectivity index (χ0) is 11.8. The zero-order valence-corrected chi connectivity index (χ0v) is 10.2. The molecule has 0 bridgehead atoms. The van der Waals surface area contributed by atoms with Gasteiger partial charge in [0.05, 0.1) is 0 Å². The van der Waals surface area contributed by atoms with Crippen LogP contribution in [0.1, 0.15) is 0 Å². The fourth-order valence-corrected chi connectivity index (χ4v) is 2.04. The zero-order valence-electron chi connectivity index (χ0n) is 8.65. The average molecular weight is 292 g/mol. The monoisotopic (exact) mass is 291 g/mol. The van der Waals surface area contributed by atoms with Crippen LogP contribution >= 0.6 is 15.9 Å². The quantitative estimate of drug-likeness (QED) is 0.664. The lowest BCUT2D eigenvalue weighted by molar-refractivity contribution is 0.614. The van der Waals surface area contributed by atoms with E-state index < -0.39 is 0 Å². The van der Waals surface area contributed by atoms with Gasteiger partial charge >= 0.3 is 0 Å². The van der Waals surface area contributed by atoms with Gasteiger partial charge in [0.2, 0.25) is 5.89 Å². The minimum Gasteiger partial charge on any atom is -0.436 e. The summed E-state index contributed by atoms with van der Waals surface area (Å²) >= 11 is 3.39. The molecule has 0 unspecified atom stereocenters. The Morgan fingerprint density at radius 2 is 2.00 bits per heavy atom. The fourth-order valence-electron chi connectivity index (χ4n) is 1.65. The van der Waals surface area contributed by atoms with Gasteiger partial charge in [-0.15, -0.1) is 0 Å². The summed E-state index contributed by atoms with van der Waals surface area (Å²) in [4.78, 5) is 4.26. The normalized spacial score (nSPS) is 10.9. The fraction of sp³-hybridized carbons (Fsp3) is 0. The van der Waals surface area contributed by atoms with Crippen molar-refractivity contribution >= 4 is 27.0 Å². The lowest BCUT2D eigenvalue weighted by Crippen LogP contribution is -1.76. The van der Waals surface area contributed by atoms with E-state index in [1.165, 1.54) is 12.1 Å². The van der Waals surface area contributed by atoms with Gasteiger partial charge in [-0.25, -0.2) is 9.37 Å². The first-order valence-corrected chi connectivity index (χ1v) is 5.84. The molecule has 0 aliphatic rings. The number of benzene rings is 2. The molecular formula is C13H7BrFNO. The summed E-state index contributed by atoms with van der Waals surface area (Å²) in [5.41, 5.74) is 1.97. The molecule has 0 aliphatic heterocycles. The van der Waals surface area contributed by atoms with Gasteiger partial charge in [-0.3, -0.25) is 0 Å². The van der Waals surface area contributed by atoms with Crippen LogP contribution in [0, 0.1) is 5.82 Å². The lowest BCUT2D eigenvalue weighted by atomic mass is 10.2. The predicted octanol–water partition coefficient (Wildman–Crippen LogP) is 4.40. The van der Waals surface area contributed by atoms with Crippen LogP contribution < -0.4 is 0 Å². The smallest absolute Gasteiger partial charge is 0.227 e. The largest absolute Gasteiger partial charge is 0.436 e. The highest BCUT2D eigenvalue weighted by Crippen LogP contribution is 2.26. The lowest BCUT2D eigenvalue weighted by Gasteiger charge is -1.94. The minimum absolute atomic E-state index is 0.313. The Kier molecular flexibility index (Phi) is 2.44. The van der Waals surface area contributed by atoms with Crippen molar-refractivity contribution in [3.8, 4) is 11.5 Å². The number of rotatable bonds is 1. The number of nitrogens with zero attached hydrogens (tertiary/aromatic N) is 1. The molecular weight excluding hydrogens is 285 g/mol. The predicted molar refractivity (Wildman–Crippen MR) is 67.1 cm³/mol. The highest BCUT2D eigenvalue weighted by atomic mass is 79.9. The summed E-state index contributed by atoms with van der Waals surface area (Å²) in [6.07, 6.45) is 0. The number of fused-ring (bicyclic) bond motifs is 1. The van der Waals surface area contributed by atoms with Crippen LogP contribution in [-0.2, 0) is 0 Å². The molecule has 0 saturated carbocycles. The number of hydrogen-bond donors (Lipinski definition) is 0. The minimum atomic E-state index is -0.313. The third kappa shape index (κ3) is 1.96. The molecule has 1 heterocycles. The maximum atomic E-state index is 13.0. The van der Waals surface area contributed by atoms with Gasteiger partial charge in [-0.1, -0.05) is 22.0 Å². The van der Waals surface area contributed by atoms with Crippen molar-refractivity contribution in [1.29, 1.82) is 0 Å². The van der Waals surface area contributed by atoms with Crippen LogP contribution in [0.25, 0.3) is 22.6 Å². The van der Waals surface area contributed by atoms with Crippen molar-refractivity contribution in [2.24, 2.45) is 0 Å². The first kappa shape index (κ1) is 10.5. The van der Waals surface area contributed by atoms with E-state index in [-0.39, 0.29) is 5.82 Å². The van der Waals surface area contributed by atoms with E-state index in [1.807, 2.05) is 24.3 Å². The van der Waals surface area contributed by atoms with Crippen LogP contribution in [0.5, 0.6) is 0 Å². The summed E-state index contributed by atoms with van der Waals surface area (Å²) in [6.45, 7) is 0. The Balaban J connectivity index is 2.18. The summed E-state index contributed by atoms with van der Waals surface area (Å²) in [6, 6.07) is 11.9. The van der Waals surface area contributed by atoms with Gasteiger partial charge < -0.3 is 4.42 Å². The van der Waals surface area contributed by atoms with E-state index in [4.69, 9.17) is 4.42 Å². The van der Waals surface area contributed by atoms with E-state index in [0.29, 0.717) is 17.0 Å². The van der Waals surface area contributed by atoms with Gasteiger partial charge in [0.15, 0.2) is 5.58 Å². The maximum absolute atomic E-state index is 13.0. The summed E-state index contributed by atoms with van der Waals surface area (Å²) in [7, 11) is 0. The molecule has 0 saturated heterocycles. The Bertz CT molecular complexity index is 693. The molecule has 0 fully saturated rings. The molecule has 0 aliphatic carbocycles. The first-order valence-electron chi connectivity index (χ1n) is 5.04.